The van der Waals surface area contributed by atoms with Crippen molar-refractivity contribution >= 4 is 16.9 Å². The highest BCUT2D eigenvalue weighted by molar-refractivity contribution is 5.88. The van der Waals surface area contributed by atoms with Crippen molar-refractivity contribution in [3.05, 3.63) is 35.6 Å². The molecule has 0 bridgehead atoms. The summed E-state index contributed by atoms with van der Waals surface area (Å²) in [4.78, 5) is 11.2. The number of carbonyl (C=O) groups is 1. The lowest BCUT2D eigenvalue weighted by molar-refractivity contribution is -0.139. The summed E-state index contributed by atoms with van der Waals surface area (Å²) < 4.78 is 9.87. The Morgan fingerprint density at radius 1 is 1.50 bits per heavy atom. The van der Waals surface area contributed by atoms with Gasteiger partial charge in [0.25, 0.3) is 0 Å². The van der Waals surface area contributed by atoms with Gasteiger partial charge in [-0.15, -0.1) is 0 Å². The quantitative estimate of drug-likeness (QED) is 0.719. The second kappa shape index (κ2) is 4.07. The van der Waals surface area contributed by atoms with Crippen LogP contribution in [0, 0.1) is 11.3 Å². The average molecular weight is 215 g/mol. The first-order valence-electron chi connectivity index (χ1n) is 4.72. The van der Waals surface area contributed by atoms with E-state index in [1.165, 1.54) is 13.4 Å². The smallest absolute Gasteiger partial charge is 0.310 e. The maximum Gasteiger partial charge on any atom is 0.310 e. The molecule has 0 N–H and O–H groups in total. The molecule has 0 aliphatic heterocycles. The van der Waals surface area contributed by atoms with Gasteiger partial charge in [0.05, 0.1) is 31.4 Å². The van der Waals surface area contributed by atoms with Crippen molar-refractivity contribution in [2.24, 2.45) is 0 Å². The number of nitriles is 1. The minimum atomic E-state index is -0.331. The Labute approximate surface area is 92.0 Å². The number of esters is 1. The number of hydrogen-bond donors (Lipinski definition) is 0. The number of rotatable bonds is 2. The average Bonchev–Trinajstić information content (AvgIpc) is 2.78. The second-order valence-corrected chi connectivity index (χ2v) is 3.30. The number of carbonyl (C=O) groups excluding carboxylic acids is 1. The van der Waals surface area contributed by atoms with Gasteiger partial charge in [0.2, 0.25) is 0 Å². The predicted octanol–water partition coefficient (Wildman–Crippen LogP) is 2.02. The van der Waals surface area contributed by atoms with Crippen LogP contribution in [0.5, 0.6) is 0 Å². The van der Waals surface area contributed by atoms with Crippen LogP contribution >= 0.6 is 0 Å². The zero-order chi connectivity index (χ0) is 11.5. The summed E-state index contributed by atoms with van der Waals surface area (Å²) in [6.07, 6.45) is 1.65. The first-order valence-corrected chi connectivity index (χ1v) is 4.72. The van der Waals surface area contributed by atoms with E-state index >= 15 is 0 Å². The Bertz CT molecular complexity index is 577. The largest absolute Gasteiger partial charge is 0.469 e. The van der Waals surface area contributed by atoms with Crippen molar-refractivity contribution in [2.45, 2.75) is 6.42 Å². The minimum Gasteiger partial charge on any atom is -0.469 e. The van der Waals surface area contributed by atoms with E-state index in [0.717, 1.165) is 10.9 Å². The highest BCUT2D eigenvalue weighted by Crippen LogP contribution is 2.24. The third-order valence-electron chi connectivity index (χ3n) is 2.38. The molecule has 16 heavy (non-hydrogen) atoms. The van der Waals surface area contributed by atoms with Crippen molar-refractivity contribution in [1.82, 2.24) is 0 Å². The van der Waals surface area contributed by atoms with Gasteiger partial charge in [-0.25, -0.2) is 0 Å². The molecule has 1 aromatic carbocycles. The van der Waals surface area contributed by atoms with Crippen LogP contribution < -0.4 is 0 Å². The molecule has 1 aromatic heterocycles. The fraction of sp³-hybridized carbons (Fsp3) is 0.167. The Kier molecular flexibility index (Phi) is 2.61. The topological polar surface area (TPSA) is 63.2 Å². The molecule has 0 saturated heterocycles. The number of fused-ring (bicyclic) bond motifs is 1. The Balaban J connectivity index is 2.52. The number of ether oxygens (including phenoxy) is 1. The van der Waals surface area contributed by atoms with Gasteiger partial charge < -0.3 is 9.15 Å². The number of benzene rings is 1. The molecule has 0 aliphatic rings. The van der Waals surface area contributed by atoms with E-state index < -0.39 is 0 Å². The molecule has 0 spiro atoms. The fourth-order valence-corrected chi connectivity index (χ4v) is 1.58. The van der Waals surface area contributed by atoms with Crippen molar-refractivity contribution in [3.63, 3.8) is 0 Å². The van der Waals surface area contributed by atoms with Crippen molar-refractivity contribution < 1.29 is 13.9 Å². The maximum absolute atomic E-state index is 11.2. The molecule has 1 heterocycles. The minimum absolute atomic E-state index is 0.145. The molecule has 0 saturated carbocycles. The van der Waals surface area contributed by atoms with E-state index in [0.29, 0.717) is 11.1 Å². The lowest BCUT2D eigenvalue weighted by Gasteiger charge is -2.01. The summed E-state index contributed by atoms with van der Waals surface area (Å²) in [7, 11) is 1.34. The molecule has 2 aromatic rings. The van der Waals surface area contributed by atoms with Crippen LogP contribution in [0.1, 0.15) is 11.1 Å². The molecular formula is C12H9NO3. The number of hydrogen-bond acceptors (Lipinski definition) is 4. The molecule has 2 rings (SSSR count). The third kappa shape index (κ3) is 1.63. The summed E-state index contributed by atoms with van der Waals surface area (Å²) in [5.41, 5.74) is 1.84. The molecule has 0 radical (unpaired) electrons. The number of methoxy groups -OCH3 is 1. The second-order valence-electron chi connectivity index (χ2n) is 3.30. The van der Waals surface area contributed by atoms with E-state index in [4.69, 9.17) is 9.68 Å². The van der Waals surface area contributed by atoms with Crippen LogP contribution in [0.15, 0.2) is 28.9 Å². The SMILES string of the molecule is COC(=O)Cc1ccc(C#N)c2ccoc12. The highest BCUT2D eigenvalue weighted by atomic mass is 16.5. The Morgan fingerprint density at radius 3 is 3.00 bits per heavy atom. The zero-order valence-corrected chi connectivity index (χ0v) is 8.69. The Hall–Kier alpha value is -2.28. The number of nitrogens with zero attached hydrogens (tertiary/aromatic N) is 1. The van der Waals surface area contributed by atoms with Crippen molar-refractivity contribution in [1.29, 1.82) is 5.26 Å². The molecule has 4 nitrogen and oxygen atoms in total. The van der Waals surface area contributed by atoms with Gasteiger partial charge in [0.15, 0.2) is 0 Å². The molecule has 0 fully saturated rings. The summed E-state index contributed by atoms with van der Waals surface area (Å²) in [5, 5.41) is 9.62. The maximum atomic E-state index is 11.2. The molecule has 0 aliphatic carbocycles. The van der Waals surface area contributed by atoms with E-state index in [2.05, 4.69) is 10.8 Å². The molecular weight excluding hydrogens is 206 g/mol. The van der Waals surface area contributed by atoms with E-state index in [9.17, 15) is 4.79 Å². The standard InChI is InChI=1S/C12H9NO3/c1-15-11(14)6-8-2-3-9(7-13)10-4-5-16-12(8)10/h2-5H,6H2,1H3. The van der Waals surface area contributed by atoms with Crippen LogP contribution in [0.4, 0.5) is 0 Å². The first-order chi connectivity index (χ1) is 7.76. The van der Waals surface area contributed by atoms with Gasteiger partial charge in [-0.3, -0.25) is 4.79 Å². The van der Waals surface area contributed by atoms with E-state index in [-0.39, 0.29) is 12.4 Å². The van der Waals surface area contributed by atoms with Gasteiger partial charge >= 0.3 is 5.97 Å². The van der Waals surface area contributed by atoms with Crippen LogP contribution in [0.25, 0.3) is 11.0 Å². The monoisotopic (exact) mass is 215 g/mol. The fourth-order valence-electron chi connectivity index (χ4n) is 1.58. The van der Waals surface area contributed by atoms with Crippen LogP contribution in [0.3, 0.4) is 0 Å². The number of furan rings is 1. The normalized spacial score (nSPS) is 10.0. The van der Waals surface area contributed by atoms with Gasteiger partial charge in [-0.1, -0.05) is 6.07 Å². The third-order valence-corrected chi connectivity index (χ3v) is 2.38. The lowest BCUT2D eigenvalue weighted by Crippen LogP contribution is -2.04. The van der Waals surface area contributed by atoms with Crippen molar-refractivity contribution in [3.8, 4) is 6.07 Å². The summed E-state index contributed by atoms with van der Waals surface area (Å²) in [6.45, 7) is 0. The van der Waals surface area contributed by atoms with E-state index in [1.807, 2.05) is 0 Å². The molecule has 0 unspecified atom stereocenters. The molecule has 0 amide bonds. The molecule has 0 atom stereocenters. The van der Waals surface area contributed by atoms with Crippen LogP contribution in [-0.2, 0) is 16.0 Å². The van der Waals surface area contributed by atoms with Crippen LogP contribution in [0.2, 0.25) is 0 Å². The first kappa shape index (κ1) is 10.2. The lowest BCUT2D eigenvalue weighted by atomic mass is 10.1. The van der Waals surface area contributed by atoms with Crippen LogP contribution in [-0.4, -0.2) is 13.1 Å². The van der Waals surface area contributed by atoms with Gasteiger partial charge in [-0.2, -0.15) is 5.26 Å². The summed E-state index contributed by atoms with van der Waals surface area (Å²) >= 11 is 0. The summed E-state index contributed by atoms with van der Waals surface area (Å²) in [6, 6.07) is 7.18. The van der Waals surface area contributed by atoms with E-state index in [1.54, 1.807) is 18.2 Å². The van der Waals surface area contributed by atoms with Gasteiger partial charge in [0, 0.05) is 10.9 Å². The zero-order valence-electron chi connectivity index (χ0n) is 8.69. The molecule has 4 heteroatoms. The Morgan fingerprint density at radius 2 is 2.31 bits per heavy atom. The summed E-state index contributed by atoms with van der Waals surface area (Å²) in [5.74, 6) is -0.331. The highest BCUT2D eigenvalue weighted by Gasteiger charge is 2.12. The van der Waals surface area contributed by atoms with Gasteiger partial charge in [-0.05, 0) is 12.1 Å². The molecule has 80 valence electrons. The van der Waals surface area contributed by atoms with Crippen molar-refractivity contribution in [2.75, 3.05) is 7.11 Å². The van der Waals surface area contributed by atoms with Gasteiger partial charge in [0.1, 0.15) is 5.58 Å². The predicted molar refractivity (Wildman–Crippen MR) is 56.6 cm³/mol.